The number of nitrogens with zero attached hydrogens (tertiary/aromatic N) is 1. The van der Waals surface area contributed by atoms with E-state index in [1.165, 1.54) is 5.56 Å². The van der Waals surface area contributed by atoms with Gasteiger partial charge in [-0.25, -0.2) is 0 Å². The van der Waals surface area contributed by atoms with Gasteiger partial charge in [0, 0.05) is 26.2 Å². The second-order valence-corrected chi connectivity index (χ2v) is 7.00. The van der Waals surface area contributed by atoms with Gasteiger partial charge in [0.05, 0.1) is 13.2 Å². The molecule has 0 spiro atoms. The van der Waals surface area contributed by atoms with Gasteiger partial charge >= 0.3 is 0 Å². The zero-order valence-electron chi connectivity index (χ0n) is 16.1. The van der Waals surface area contributed by atoms with Crippen molar-refractivity contribution in [3.05, 3.63) is 65.2 Å². The molecule has 0 aromatic heterocycles. The van der Waals surface area contributed by atoms with Crippen LogP contribution in [0.25, 0.3) is 0 Å². The van der Waals surface area contributed by atoms with Crippen molar-refractivity contribution in [2.75, 3.05) is 26.3 Å². The van der Waals surface area contributed by atoms with Crippen molar-refractivity contribution in [1.29, 1.82) is 0 Å². The van der Waals surface area contributed by atoms with Crippen molar-refractivity contribution in [3.8, 4) is 5.75 Å². The van der Waals surface area contributed by atoms with Gasteiger partial charge in [-0.15, -0.1) is 0 Å². The Balaban J connectivity index is 1.44. The average Bonchev–Trinajstić information content (AvgIpc) is 2.69. The van der Waals surface area contributed by atoms with Crippen LogP contribution in [0.15, 0.2) is 48.5 Å². The molecule has 144 valence electrons. The molecule has 27 heavy (non-hydrogen) atoms. The summed E-state index contributed by atoms with van der Waals surface area (Å²) in [4.78, 5) is 14.7. The molecule has 1 amide bonds. The lowest BCUT2D eigenvalue weighted by atomic mass is 10.1. The molecule has 1 N–H and O–H groups in total. The largest absolute Gasteiger partial charge is 0.481 e. The Morgan fingerprint density at radius 2 is 1.70 bits per heavy atom. The van der Waals surface area contributed by atoms with Gasteiger partial charge in [-0.05, 0) is 37.1 Å². The molecule has 1 aliphatic heterocycles. The first-order valence-electron chi connectivity index (χ1n) is 9.49. The Hall–Kier alpha value is -2.37. The van der Waals surface area contributed by atoms with Crippen LogP contribution in [-0.4, -0.2) is 43.2 Å². The summed E-state index contributed by atoms with van der Waals surface area (Å²) >= 11 is 0. The van der Waals surface area contributed by atoms with Gasteiger partial charge in [0.2, 0.25) is 0 Å². The number of rotatable bonds is 7. The van der Waals surface area contributed by atoms with Gasteiger partial charge in [-0.1, -0.05) is 42.0 Å². The maximum absolute atomic E-state index is 12.3. The molecular weight excluding hydrogens is 340 g/mol. The molecule has 1 fully saturated rings. The lowest BCUT2D eigenvalue weighted by Gasteiger charge is -2.26. The topological polar surface area (TPSA) is 50.8 Å². The summed E-state index contributed by atoms with van der Waals surface area (Å²) in [7, 11) is 0. The Labute approximate surface area is 161 Å². The number of hydrogen-bond acceptors (Lipinski definition) is 4. The van der Waals surface area contributed by atoms with E-state index in [9.17, 15) is 4.79 Å². The molecule has 0 saturated carbocycles. The number of morpholine rings is 1. The third-order valence-corrected chi connectivity index (χ3v) is 4.70. The van der Waals surface area contributed by atoms with E-state index in [2.05, 4.69) is 34.5 Å². The second-order valence-electron chi connectivity index (χ2n) is 7.00. The third kappa shape index (κ3) is 6.08. The Kier molecular flexibility index (Phi) is 6.85. The summed E-state index contributed by atoms with van der Waals surface area (Å²) in [5, 5.41) is 2.94. The summed E-state index contributed by atoms with van der Waals surface area (Å²) in [6, 6.07) is 16.1. The van der Waals surface area contributed by atoms with Crippen LogP contribution in [0, 0.1) is 6.92 Å². The van der Waals surface area contributed by atoms with Crippen LogP contribution in [0.1, 0.15) is 23.6 Å². The first kappa shape index (κ1) is 19.4. The third-order valence-electron chi connectivity index (χ3n) is 4.70. The highest BCUT2D eigenvalue weighted by atomic mass is 16.5. The number of carbonyl (C=O) groups excluding carboxylic acids is 1. The molecule has 5 heteroatoms. The minimum atomic E-state index is -0.534. The minimum absolute atomic E-state index is 0.118. The fraction of sp³-hybridized carbons (Fsp3) is 0.409. The Morgan fingerprint density at radius 1 is 1.07 bits per heavy atom. The number of nitrogens with one attached hydrogen (secondary N) is 1. The molecule has 1 heterocycles. The van der Waals surface area contributed by atoms with Crippen molar-refractivity contribution in [3.63, 3.8) is 0 Å². The highest BCUT2D eigenvalue weighted by Crippen LogP contribution is 2.14. The van der Waals surface area contributed by atoms with E-state index in [-0.39, 0.29) is 5.91 Å². The van der Waals surface area contributed by atoms with Crippen molar-refractivity contribution >= 4 is 5.91 Å². The highest BCUT2D eigenvalue weighted by molar-refractivity contribution is 5.80. The molecule has 1 saturated heterocycles. The molecule has 0 bridgehead atoms. The van der Waals surface area contributed by atoms with Crippen LogP contribution >= 0.6 is 0 Å². The quantitative estimate of drug-likeness (QED) is 0.816. The predicted octanol–water partition coefficient (Wildman–Crippen LogP) is 2.91. The Morgan fingerprint density at radius 3 is 2.37 bits per heavy atom. The van der Waals surface area contributed by atoms with Crippen molar-refractivity contribution in [2.45, 2.75) is 33.0 Å². The molecule has 0 aliphatic carbocycles. The van der Waals surface area contributed by atoms with E-state index in [4.69, 9.17) is 9.47 Å². The normalized spacial score (nSPS) is 15.9. The minimum Gasteiger partial charge on any atom is -0.481 e. The number of benzene rings is 2. The second kappa shape index (κ2) is 9.53. The van der Waals surface area contributed by atoms with E-state index in [1.807, 2.05) is 31.2 Å². The van der Waals surface area contributed by atoms with E-state index in [0.717, 1.165) is 44.0 Å². The van der Waals surface area contributed by atoms with Gasteiger partial charge < -0.3 is 14.8 Å². The van der Waals surface area contributed by atoms with Crippen LogP contribution in [0.3, 0.4) is 0 Å². The lowest BCUT2D eigenvalue weighted by Crippen LogP contribution is -2.36. The maximum atomic E-state index is 12.3. The number of carbonyl (C=O) groups is 1. The van der Waals surface area contributed by atoms with Crippen LogP contribution in [0.2, 0.25) is 0 Å². The molecule has 2 aromatic rings. The molecule has 0 unspecified atom stereocenters. The summed E-state index contributed by atoms with van der Waals surface area (Å²) in [6.07, 6.45) is -0.534. The van der Waals surface area contributed by atoms with Crippen LogP contribution in [-0.2, 0) is 22.6 Å². The van der Waals surface area contributed by atoms with Gasteiger partial charge in [0.1, 0.15) is 5.75 Å². The molecule has 1 aliphatic rings. The summed E-state index contributed by atoms with van der Waals surface area (Å²) < 4.78 is 11.1. The molecule has 0 radical (unpaired) electrons. The first-order valence-corrected chi connectivity index (χ1v) is 9.49. The maximum Gasteiger partial charge on any atom is 0.261 e. The SMILES string of the molecule is Cc1ccc(O[C@@H](C)C(=O)NCc2ccc(CN3CCOCC3)cc2)cc1. The number of hydrogen-bond donors (Lipinski definition) is 1. The molecule has 3 rings (SSSR count). The van der Waals surface area contributed by atoms with Gasteiger partial charge in [-0.2, -0.15) is 0 Å². The first-order chi connectivity index (χ1) is 13.1. The van der Waals surface area contributed by atoms with E-state index in [0.29, 0.717) is 12.3 Å². The summed E-state index contributed by atoms with van der Waals surface area (Å²) in [5.74, 6) is 0.587. The van der Waals surface area contributed by atoms with Gasteiger partial charge in [0.25, 0.3) is 5.91 Å². The van der Waals surface area contributed by atoms with Crippen LogP contribution in [0.5, 0.6) is 5.75 Å². The zero-order valence-corrected chi connectivity index (χ0v) is 16.1. The van der Waals surface area contributed by atoms with Gasteiger partial charge in [0.15, 0.2) is 6.10 Å². The average molecular weight is 368 g/mol. The monoisotopic (exact) mass is 368 g/mol. The fourth-order valence-electron chi connectivity index (χ4n) is 2.99. The van der Waals surface area contributed by atoms with E-state index >= 15 is 0 Å². The fourth-order valence-corrected chi connectivity index (χ4v) is 2.99. The van der Waals surface area contributed by atoms with Crippen LogP contribution in [0.4, 0.5) is 0 Å². The number of amides is 1. The summed E-state index contributed by atoms with van der Waals surface area (Å²) in [5.41, 5.74) is 3.52. The smallest absolute Gasteiger partial charge is 0.261 e. The summed E-state index contributed by atoms with van der Waals surface area (Å²) in [6.45, 7) is 8.82. The van der Waals surface area contributed by atoms with Crippen LogP contribution < -0.4 is 10.1 Å². The molecular formula is C22H28N2O3. The lowest BCUT2D eigenvalue weighted by molar-refractivity contribution is -0.127. The number of ether oxygens (including phenoxy) is 2. The van der Waals surface area contributed by atoms with Gasteiger partial charge in [-0.3, -0.25) is 9.69 Å². The van der Waals surface area contributed by atoms with Crippen molar-refractivity contribution < 1.29 is 14.3 Å². The zero-order chi connectivity index (χ0) is 19.1. The number of aryl methyl sites for hydroxylation is 1. The highest BCUT2D eigenvalue weighted by Gasteiger charge is 2.14. The van der Waals surface area contributed by atoms with Crippen molar-refractivity contribution in [1.82, 2.24) is 10.2 Å². The Bertz CT molecular complexity index is 722. The van der Waals surface area contributed by atoms with E-state index < -0.39 is 6.10 Å². The molecule has 1 atom stereocenters. The van der Waals surface area contributed by atoms with Crippen molar-refractivity contribution in [2.24, 2.45) is 0 Å². The molecule has 5 nitrogen and oxygen atoms in total. The predicted molar refractivity (Wildman–Crippen MR) is 106 cm³/mol. The standard InChI is InChI=1S/C22H28N2O3/c1-17-3-9-21(10-4-17)27-18(2)22(25)23-15-19-5-7-20(8-6-19)16-24-11-13-26-14-12-24/h3-10,18H,11-16H2,1-2H3,(H,23,25)/t18-/m0/s1. The molecule has 2 aromatic carbocycles. The van der Waals surface area contributed by atoms with E-state index in [1.54, 1.807) is 6.92 Å².